The Hall–Kier alpha value is -1.75. The van der Waals surface area contributed by atoms with E-state index in [2.05, 4.69) is 12.1 Å². The average molecular weight is 332 g/mol. The molecule has 0 aromatic heterocycles. The number of rotatable bonds is 1. The summed E-state index contributed by atoms with van der Waals surface area (Å²) in [4.78, 5) is 14.1. The molecule has 1 atom stereocenters. The van der Waals surface area contributed by atoms with Gasteiger partial charge in [-0.1, -0.05) is 6.07 Å². The van der Waals surface area contributed by atoms with E-state index in [9.17, 15) is 4.79 Å². The van der Waals surface area contributed by atoms with Crippen LogP contribution in [0.3, 0.4) is 0 Å². The number of nitrogens with two attached hydrogens (primary N) is 1. The topological polar surface area (TPSA) is 64.8 Å². The quantitative estimate of drug-likeness (QED) is 0.856. The number of hydrogen-bond donors (Lipinski definition) is 1. The number of fused-ring (bicyclic) bond motifs is 2. The zero-order valence-corrected chi connectivity index (χ0v) is 15.1. The van der Waals surface area contributed by atoms with Crippen LogP contribution < -0.4 is 10.5 Å². The van der Waals surface area contributed by atoms with Gasteiger partial charge in [-0.3, -0.25) is 0 Å². The van der Waals surface area contributed by atoms with Gasteiger partial charge in [0, 0.05) is 24.5 Å². The molecule has 0 saturated carbocycles. The molecule has 1 aliphatic carbocycles. The second-order valence-electron chi connectivity index (χ2n) is 8.01. The van der Waals surface area contributed by atoms with E-state index >= 15 is 0 Å². The van der Waals surface area contributed by atoms with Crippen molar-refractivity contribution in [2.24, 2.45) is 5.73 Å². The normalized spacial score (nSPS) is 22.4. The van der Waals surface area contributed by atoms with E-state index in [0.29, 0.717) is 13.1 Å². The summed E-state index contributed by atoms with van der Waals surface area (Å²) < 4.78 is 10.8. The molecule has 1 heterocycles. The number of nitrogens with zero attached hydrogens (tertiary/aromatic N) is 1. The highest BCUT2D eigenvalue weighted by Crippen LogP contribution is 2.50. The maximum absolute atomic E-state index is 12.3. The van der Waals surface area contributed by atoms with Gasteiger partial charge in [0.1, 0.15) is 11.4 Å². The summed E-state index contributed by atoms with van der Waals surface area (Å²) in [6.45, 7) is 7.13. The van der Waals surface area contributed by atoms with Crippen molar-refractivity contribution in [1.82, 2.24) is 4.90 Å². The third-order valence-electron chi connectivity index (χ3n) is 5.21. The van der Waals surface area contributed by atoms with Crippen LogP contribution in [0.15, 0.2) is 18.2 Å². The lowest BCUT2D eigenvalue weighted by Crippen LogP contribution is -2.46. The van der Waals surface area contributed by atoms with Gasteiger partial charge in [0.05, 0.1) is 7.11 Å². The number of piperidine rings is 1. The molecule has 1 aliphatic heterocycles. The van der Waals surface area contributed by atoms with Crippen LogP contribution in [0.25, 0.3) is 0 Å². The smallest absolute Gasteiger partial charge is 0.410 e. The van der Waals surface area contributed by atoms with Gasteiger partial charge < -0.3 is 20.1 Å². The minimum absolute atomic E-state index is 0.0446. The summed E-state index contributed by atoms with van der Waals surface area (Å²) in [5.74, 6) is 0.854. The number of amides is 1. The summed E-state index contributed by atoms with van der Waals surface area (Å²) in [6, 6.07) is 6.28. The molecule has 2 aliphatic rings. The Kier molecular flexibility index (Phi) is 4.24. The second-order valence-corrected chi connectivity index (χ2v) is 8.01. The summed E-state index contributed by atoms with van der Waals surface area (Å²) in [5.41, 5.74) is 8.55. The van der Waals surface area contributed by atoms with Crippen molar-refractivity contribution < 1.29 is 14.3 Å². The predicted molar refractivity (Wildman–Crippen MR) is 93.3 cm³/mol. The molecule has 0 radical (unpaired) electrons. The van der Waals surface area contributed by atoms with Crippen LogP contribution in [-0.2, 0) is 10.2 Å². The number of methoxy groups -OCH3 is 1. The molecule has 2 N–H and O–H groups in total. The first kappa shape index (κ1) is 17.1. The lowest BCUT2D eigenvalue weighted by atomic mass is 9.73. The first-order valence-electron chi connectivity index (χ1n) is 8.66. The fourth-order valence-electron chi connectivity index (χ4n) is 4.02. The van der Waals surface area contributed by atoms with Gasteiger partial charge in [0.15, 0.2) is 0 Å². The molecule has 5 heteroatoms. The van der Waals surface area contributed by atoms with E-state index in [0.717, 1.165) is 25.0 Å². The highest BCUT2D eigenvalue weighted by molar-refractivity contribution is 5.68. The molecule has 1 aromatic carbocycles. The minimum Gasteiger partial charge on any atom is -0.497 e. The molecule has 1 saturated heterocycles. The fraction of sp³-hybridized carbons (Fsp3) is 0.632. The number of carbonyl (C=O) groups is 1. The Morgan fingerprint density at radius 1 is 1.29 bits per heavy atom. The lowest BCUT2D eigenvalue weighted by Gasteiger charge is -2.40. The van der Waals surface area contributed by atoms with Crippen LogP contribution in [0.5, 0.6) is 5.75 Å². The number of ether oxygens (including phenoxy) is 2. The fourth-order valence-corrected chi connectivity index (χ4v) is 4.02. The highest BCUT2D eigenvalue weighted by Gasteiger charge is 2.45. The van der Waals surface area contributed by atoms with E-state index in [4.69, 9.17) is 15.2 Å². The van der Waals surface area contributed by atoms with Crippen LogP contribution >= 0.6 is 0 Å². The van der Waals surface area contributed by atoms with Crippen molar-refractivity contribution in [2.75, 3.05) is 20.2 Å². The molecule has 1 amide bonds. The number of benzene rings is 1. The van der Waals surface area contributed by atoms with Crippen LogP contribution in [0.1, 0.15) is 57.2 Å². The van der Waals surface area contributed by atoms with Crippen LogP contribution in [0.2, 0.25) is 0 Å². The summed E-state index contributed by atoms with van der Waals surface area (Å²) in [6.07, 6.45) is 2.59. The molecular formula is C19H28N2O3. The Morgan fingerprint density at radius 3 is 2.54 bits per heavy atom. The summed E-state index contributed by atoms with van der Waals surface area (Å²) >= 11 is 0. The molecule has 5 nitrogen and oxygen atoms in total. The second kappa shape index (κ2) is 5.96. The average Bonchev–Trinajstić information content (AvgIpc) is 2.78. The Labute approximate surface area is 144 Å². The molecule has 24 heavy (non-hydrogen) atoms. The predicted octanol–water partition coefficient (Wildman–Crippen LogP) is 3.37. The van der Waals surface area contributed by atoms with Crippen molar-refractivity contribution in [3.8, 4) is 5.75 Å². The Balaban J connectivity index is 1.74. The van der Waals surface area contributed by atoms with E-state index in [1.54, 1.807) is 7.11 Å². The first-order chi connectivity index (χ1) is 11.2. The molecular weight excluding hydrogens is 304 g/mol. The van der Waals surface area contributed by atoms with Crippen molar-refractivity contribution in [1.29, 1.82) is 0 Å². The SMILES string of the molecule is COc1ccc2c(c1)C(N)CC21CCN(C(=O)OC(C)(C)C)CC1. The Morgan fingerprint density at radius 2 is 1.96 bits per heavy atom. The van der Waals surface area contributed by atoms with Gasteiger partial charge in [0.2, 0.25) is 0 Å². The maximum atomic E-state index is 12.3. The van der Waals surface area contributed by atoms with Gasteiger partial charge >= 0.3 is 6.09 Å². The standard InChI is InChI=1S/C19H28N2O3/c1-18(2,3)24-17(22)21-9-7-19(8-10-21)12-16(20)14-11-13(23-4)5-6-15(14)19/h5-6,11,16H,7-10,12,20H2,1-4H3. The molecule has 1 aromatic rings. The van der Waals surface area contributed by atoms with Crippen molar-refractivity contribution in [3.63, 3.8) is 0 Å². The van der Waals surface area contributed by atoms with Crippen LogP contribution in [0.4, 0.5) is 4.79 Å². The van der Waals surface area contributed by atoms with E-state index in [1.165, 1.54) is 11.1 Å². The largest absolute Gasteiger partial charge is 0.497 e. The number of hydrogen-bond acceptors (Lipinski definition) is 4. The van der Waals surface area contributed by atoms with E-state index in [-0.39, 0.29) is 17.6 Å². The first-order valence-corrected chi connectivity index (χ1v) is 8.66. The zero-order chi connectivity index (χ0) is 17.5. The highest BCUT2D eigenvalue weighted by atomic mass is 16.6. The minimum atomic E-state index is -0.453. The Bertz CT molecular complexity index is 628. The molecule has 1 unspecified atom stereocenters. The van der Waals surface area contributed by atoms with Crippen molar-refractivity contribution >= 4 is 6.09 Å². The van der Waals surface area contributed by atoms with Gasteiger partial charge in [-0.25, -0.2) is 4.79 Å². The molecule has 1 fully saturated rings. The maximum Gasteiger partial charge on any atom is 0.410 e. The molecule has 3 rings (SSSR count). The van der Waals surface area contributed by atoms with Gasteiger partial charge in [-0.05, 0) is 63.3 Å². The van der Waals surface area contributed by atoms with Crippen LogP contribution in [-0.4, -0.2) is 36.8 Å². The van der Waals surface area contributed by atoms with Gasteiger partial charge in [0.25, 0.3) is 0 Å². The number of carbonyl (C=O) groups excluding carboxylic acids is 1. The van der Waals surface area contributed by atoms with E-state index in [1.807, 2.05) is 31.7 Å². The van der Waals surface area contributed by atoms with E-state index < -0.39 is 5.60 Å². The monoisotopic (exact) mass is 332 g/mol. The van der Waals surface area contributed by atoms with Crippen LogP contribution in [0, 0.1) is 0 Å². The molecule has 132 valence electrons. The van der Waals surface area contributed by atoms with Gasteiger partial charge in [-0.15, -0.1) is 0 Å². The van der Waals surface area contributed by atoms with Gasteiger partial charge in [-0.2, -0.15) is 0 Å². The van der Waals surface area contributed by atoms with Crippen molar-refractivity contribution in [3.05, 3.63) is 29.3 Å². The third kappa shape index (κ3) is 3.09. The zero-order valence-electron chi connectivity index (χ0n) is 15.1. The molecule has 1 spiro atoms. The summed E-state index contributed by atoms with van der Waals surface area (Å²) in [7, 11) is 1.68. The lowest BCUT2D eigenvalue weighted by molar-refractivity contribution is 0.0162. The van der Waals surface area contributed by atoms with Crippen molar-refractivity contribution in [2.45, 2.75) is 57.1 Å². The third-order valence-corrected chi connectivity index (χ3v) is 5.21. The number of likely N-dealkylation sites (tertiary alicyclic amines) is 1. The molecule has 0 bridgehead atoms. The summed E-state index contributed by atoms with van der Waals surface area (Å²) in [5, 5.41) is 0.